The van der Waals surface area contributed by atoms with E-state index in [-0.39, 0.29) is 5.13 Å². The Morgan fingerprint density at radius 2 is 2.21 bits per heavy atom. The molecule has 0 unspecified atom stereocenters. The highest BCUT2D eigenvalue weighted by molar-refractivity contribution is 7.10. The van der Waals surface area contributed by atoms with Crippen molar-refractivity contribution in [3.63, 3.8) is 0 Å². The summed E-state index contributed by atoms with van der Waals surface area (Å²) in [5, 5.41) is 7.79. The molecule has 2 aromatic heterocycles. The lowest BCUT2D eigenvalue weighted by molar-refractivity contribution is 0.467. The van der Waals surface area contributed by atoms with Crippen molar-refractivity contribution >= 4 is 17.2 Å². The SMILES string of the molecule is Cc1cn(C2CCCC2)nc1NCc1ccc(F)s1. The van der Waals surface area contributed by atoms with E-state index in [0.29, 0.717) is 12.6 Å². The summed E-state index contributed by atoms with van der Waals surface area (Å²) in [7, 11) is 0. The molecule has 0 aliphatic heterocycles. The van der Waals surface area contributed by atoms with Gasteiger partial charge in [-0.1, -0.05) is 12.8 Å². The fraction of sp³-hybridized carbons (Fsp3) is 0.500. The van der Waals surface area contributed by atoms with Crippen LogP contribution in [-0.4, -0.2) is 9.78 Å². The van der Waals surface area contributed by atoms with Crippen molar-refractivity contribution < 1.29 is 4.39 Å². The molecular formula is C14H18FN3S. The van der Waals surface area contributed by atoms with Gasteiger partial charge in [0.15, 0.2) is 10.9 Å². The zero-order valence-corrected chi connectivity index (χ0v) is 11.8. The summed E-state index contributed by atoms with van der Waals surface area (Å²) >= 11 is 1.18. The first-order chi connectivity index (χ1) is 9.22. The van der Waals surface area contributed by atoms with Gasteiger partial charge in [0.05, 0.1) is 12.6 Å². The number of nitrogens with one attached hydrogen (secondary N) is 1. The van der Waals surface area contributed by atoms with E-state index >= 15 is 0 Å². The summed E-state index contributed by atoms with van der Waals surface area (Å²) in [6.45, 7) is 2.70. The first-order valence-corrected chi connectivity index (χ1v) is 7.58. The minimum atomic E-state index is -0.134. The average molecular weight is 279 g/mol. The quantitative estimate of drug-likeness (QED) is 0.912. The number of aryl methyl sites for hydroxylation is 1. The van der Waals surface area contributed by atoms with E-state index in [1.165, 1.54) is 43.1 Å². The molecule has 1 fully saturated rings. The van der Waals surface area contributed by atoms with Crippen LogP contribution in [0.4, 0.5) is 10.2 Å². The molecule has 2 aromatic rings. The van der Waals surface area contributed by atoms with Crippen LogP contribution in [0.3, 0.4) is 0 Å². The lowest BCUT2D eigenvalue weighted by Crippen LogP contribution is -2.06. The van der Waals surface area contributed by atoms with Gasteiger partial charge in [0.2, 0.25) is 0 Å². The molecule has 1 N–H and O–H groups in total. The fourth-order valence-electron chi connectivity index (χ4n) is 2.63. The molecule has 5 heteroatoms. The molecule has 0 aromatic carbocycles. The van der Waals surface area contributed by atoms with E-state index in [0.717, 1.165) is 16.3 Å². The van der Waals surface area contributed by atoms with Crippen molar-refractivity contribution in [1.29, 1.82) is 0 Å². The van der Waals surface area contributed by atoms with E-state index in [4.69, 9.17) is 0 Å². The molecule has 3 rings (SSSR count). The van der Waals surface area contributed by atoms with Crippen LogP contribution in [0.25, 0.3) is 0 Å². The summed E-state index contributed by atoms with van der Waals surface area (Å²) in [5.41, 5.74) is 1.16. The van der Waals surface area contributed by atoms with Crippen LogP contribution in [-0.2, 0) is 6.54 Å². The molecule has 0 saturated heterocycles. The van der Waals surface area contributed by atoms with Crippen LogP contribution < -0.4 is 5.32 Å². The van der Waals surface area contributed by atoms with E-state index < -0.39 is 0 Å². The Labute approximate surface area is 116 Å². The number of aromatic nitrogens is 2. The van der Waals surface area contributed by atoms with Gasteiger partial charge in [-0.25, -0.2) is 0 Å². The second-order valence-corrected chi connectivity index (χ2v) is 6.26. The van der Waals surface area contributed by atoms with Gasteiger partial charge in [-0.15, -0.1) is 11.3 Å². The van der Waals surface area contributed by atoms with Crippen LogP contribution in [0.1, 0.15) is 42.2 Å². The molecule has 3 nitrogen and oxygen atoms in total. The predicted octanol–water partition coefficient (Wildman–Crippen LogP) is 4.12. The maximum absolute atomic E-state index is 12.9. The van der Waals surface area contributed by atoms with E-state index in [9.17, 15) is 4.39 Å². The summed E-state index contributed by atoms with van der Waals surface area (Å²) in [4.78, 5) is 0.993. The summed E-state index contributed by atoms with van der Waals surface area (Å²) in [5.74, 6) is 0.917. The van der Waals surface area contributed by atoms with Gasteiger partial charge in [-0.2, -0.15) is 9.49 Å². The third-order valence-corrected chi connectivity index (χ3v) is 4.55. The third kappa shape index (κ3) is 2.81. The monoisotopic (exact) mass is 279 g/mol. The second kappa shape index (κ2) is 5.33. The highest BCUT2D eigenvalue weighted by Crippen LogP contribution is 2.30. The van der Waals surface area contributed by atoms with Gasteiger partial charge in [-0.05, 0) is 31.9 Å². The number of thiophene rings is 1. The van der Waals surface area contributed by atoms with Gasteiger partial charge in [0.25, 0.3) is 0 Å². The average Bonchev–Trinajstić information content (AvgIpc) is 3.07. The second-order valence-electron chi connectivity index (χ2n) is 5.14. The molecule has 0 atom stereocenters. The third-order valence-electron chi connectivity index (χ3n) is 3.67. The molecule has 19 heavy (non-hydrogen) atoms. The molecule has 1 aliphatic carbocycles. The van der Waals surface area contributed by atoms with Crippen LogP contribution >= 0.6 is 11.3 Å². The zero-order chi connectivity index (χ0) is 13.2. The van der Waals surface area contributed by atoms with Crippen molar-refractivity contribution in [2.24, 2.45) is 0 Å². The Morgan fingerprint density at radius 3 is 2.89 bits per heavy atom. The topological polar surface area (TPSA) is 29.9 Å². The first-order valence-electron chi connectivity index (χ1n) is 6.76. The number of halogens is 1. The molecule has 102 valence electrons. The van der Waals surface area contributed by atoms with E-state index in [2.05, 4.69) is 28.2 Å². The molecule has 0 amide bonds. The summed E-state index contributed by atoms with van der Waals surface area (Å²) in [6, 6.07) is 3.88. The number of nitrogens with zero attached hydrogens (tertiary/aromatic N) is 2. The first kappa shape index (κ1) is 12.7. The number of hydrogen-bond donors (Lipinski definition) is 1. The Balaban J connectivity index is 1.67. The molecule has 2 heterocycles. The van der Waals surface area contributed by atoms with Crippen molar-refractivity contribution in [2.45, 2.75) is 45.2 Å². The van der Waals surface area contributed by atoms with Gasteiger partial charge in [0.1, 0.15) is 0 Å². The Bertz CT molecular complexity index is 555. The minimum absolute atomic E-state index is 0.134. The Morgan fingerprint density at radius 1 is 1.42 bits per heavy atom. The molecule has 0 bridgehead atoms. The maximum atomic E-state index is 12.9. The van der Waals surface area contributed by atoms with Crippen molar-refractivity contribution in [3.8, 4) is 0 Å². The Hall–Kier alpha value is -1.36. The van der Waals surface area contributed by atoms with Crippen molar-refractivity contribution in [1.82, 2.24) is 9.78 Å². The standard InChI is InChI=1S/C14H18FN3S/c1-10-9-18(11-4-2-3-5-11)17-14(10)16-8-12-6-7-13(15)19-12/h6-7,9,11H,2-5,8H2,1H3,(H,16,17). The fourth-order valence-corrected chi connectivity index (χ4v) is 3.30. The molecule has 0 radical (unpaired) electrons. The number of hydrogen-bond acceptors (Lipinski definition) is 3. The highest BCUT2D eigenvalue weighted by atomic mass is 32.1. The smallest absolute Gasteiger partial charge is 0.176 e. The number of anilines is 1. The molecule has 0 spiro atoms. The van der Waals surface area contributed by atoms with Crippen LogP contribution in [0, 0.1) is 12.1 Å². The summed E-state index contributed by atoms with van der Waals surface area (Å²) < 4.78 is 15.0. The Kier molecular flexibility index (Phi) is 3.55. The maximum Gasteiger partial charge on any atom is 0.176 e. The number of rotatable bonds is 4. The summed E-state index contributed by atoms with van der Waals surface area (Å²) in [6.07, 6.45) is 7.20. The van der Waals surface area contributed by atoms with Crippen LogP contribution in [0.2, 0.25) is 0 Å². The zero-order valence-electron chi connectivity index (χ0n) is 11.0. The van der Waals surface area contributed by atoms with Gasteiger partial charge in [-0.3, -0.25) is 4.68 Å². The normalized spacial score (nSPS) is 16.1. The van der Waals surface area contributed by atoms with Crippen molar-refractivity contribution in [3.05, 3.63) is 33.9 Å². The molecule has 1 saturated carbocycles. The lowest BCUT2D eigenvalue weighted by Gasteiger charge is -2.08. The van der Waals surface area contributed by atoms with Crippen molar-refractivity contribution in [2.75, 3.05) is 5.32 Å². The highest BCUT2D eigenvalue weighted by Gasteiger charge is 2.18. The van der Waals surface area contributed by atoms with E-state index in [1.807, 2.05) is 6.07 Å². The van der Waals surface area contributed by atoms with Crippen LogP contribution in [0.5, 0.6) is 0 Å². The van der Waals surface area contributed by atoms with E-state index in [1.54, 1.807) is 0 Å². The molecular weight excluding hydrogens is 261 g/mol. The van der Waals surface area contributed by atoms with Crippen LogP contribution in [0.15, 0.2) is 18.3 Å². The van der Waals surface area contributed by atoms with Gasteiger partial charge >= 0.3 is 0 Å². The molecule has 1 aliphatic rings. The largest absolute Gasteiger partial charge is 0.363 e. The lowest BCUT2D eigenvalue weighted by atomic mass is 10.2. The predicted molar refractivity (Wildman–Crippen MR) is 76.1 cm³/mol. The van der Waals surface area contributed by atoms with Gasteiger partial charge < -0.3 is 5.32 Å². The van der Waals surface area contributed by atoms with Gasteiger partial charge in [0, 0.05) is 16.6 Å². The minimum Gasteiger partial charge on any atom is -0.363 e.